The van der Waals surface area contributed by atoms with Gasteiger partial charge < -0.3 is 5.11 Å². The third-order valence-corrected chi connectivity index (χ3v) is 5.67. The molecule has 2 heterocycles. The summed E-state index contributed by atoms with van der Waals surface area (Å²) in [7, 11) is -2.84. The van der Waals surface area contributed by atoms with Crippen LogP contribution < -0.4 is 0 Å². The molecule has 2 atom stereocenters. The van der Waals surface area contributed by atoms with E-state index in [4.69, 9.17) is 0 Å². The maximum atomic E-state index is 11.5. The smallest absolute Gasteiger partial charge is 0.151 e. The van der Waals surface area contributed by atoms with Crippen LogP contribution in [0.4, 0.5) is 0 Å². The van der Waals surface area contributed by atoms with E-state index in [1.54, 1.807) is 0 Å². The normalized spacial score (nSPS) is 38.7. The van der Waals surface area contributed by atoms with Crippen LogP contribution in [0.25, 0.3) is 0 Å². The van der Waals surface area contributed by atoms with Crippen molar-refractivity contribution in [2.45, 2.75) is 50.8 Å². The molecular weight excluding hydrogens is 226 g/mol. The molecule has 0 aromatic heterocycles. The number of rotatable bonds is 1. The molecule has 94 valence electrons. The SMILES string of the molecule is CC1(C)CCC(O)CN1C1CCS(=O)(=O)C1. The van der Waals surface area contributed by atoms with Crippen LogP contribution in [0.1, 0.15) is 33.1 Å². The Kier molecular flexibility index (Phi) is 3.05. The molecule has 0 spiro atoms. The Morgan fingerprint density at radius 2 is 2.00 bits per heavy atom. The minimum atomic E-state index is -2.84. The molecule has 2 fully saturated rings. The van der Waals surface area contributed by atoms with E-state index in [0.29, 0.717) is 12.3 Å². The van der Waals surface area contributed by atoms with Gasteiger partial charge in [-0.15, -0.1) is 0 Å². The molecule has 0 saturated carbocycles. The number of aliphatic hydroxyl groups excluding tert-OH is 1. The molecular formula is C11H21NO3S. The Labute approximate surface area is 97.6 Å². The molecule has 16 heavy (non-hydrogen) atoms. The lowest BCUT2D eigenvalue weighted by molar-refractivity contribution is -0.0253. The summed E-state index contributed by atoms with van der Waals surface area (Å²) in [6, 6.07) is 0.106. The van der Waals surface area contributed by atoms with Crippen molar-refractivity contribution in [1.82, 2.24) is 4.90 Å². The Hall–Kier alpha value is -0.130. The van der Waals surface area contributed by atoms with E-state index in [-0.39, 0.29) is 23.4 Å². The molecule has 4 nitrogen and oxygen atoms in total. The molecule has 0 aromatic rings. The molecule has 5 heteroatoms. The molecule has 1 N–H and O–H groups in total. The van der Waals surface area contributed by atoms with Gasteiger partial charge in [0.25, 0.3) is 0 Å². The van der Waals surface area contributed by atoms with E-state index in [0.717, 1.165) is 19.3 Å². The van der Waals surface area contributed by atoms with Crippen LogP contribution in [-0.2, 0) is 9.84 Å². The van der Waals surface area contributed by atoms with Gasteiger partial charge in [-0.2, -0.15) is 0 Å². The van der Waals surface area contributed by atoms with Gasteiger partial charge in [-0.3, -0.25) is 4.90 Å². The predicted octanol–water partition coefficient (Wildman–Crippen LogP) is 0.409. The number of sulfone groups is 1. The second-order valence-electron chi connectivity index (χ2n) is 5.71. The number of hydrogen-bond donors (Lipinski definition) is 1. The van der Waals surface area contributed by atoms with Gasteiger partial charge >= 0.3 is 0 Å². The highest BCUT2D eigenvalue weighted by Crippen LogP contribution is 2.32. The summed E-state index contributed by atoms with van der Waals surface area (Å²) in [5, 5.41) is 9.71. The third kappa shape index (κ3) is 2.41. The van der Waals surface area contributed by atoms with Crippen molar-refractivity contribution in [3.05, 3.63) is 0 Å². The van der Waals surface area contributed by atoms with E-state index >= 15 is 0 Å². The summed E-state index contributed by atoms with van der Waals surface area (Å²) in [4.78, 5) is 2.20. The van der Waals surface area contributed by atoms with Crippen molar-refractivity contribution in [2.75, 3.05) is 18.1 Å². The van der Waals surface area contributed by atoms with Gasteiger partial charge in [0.05, 0.1) is 17.6 Å². The van der Waals surface area contributed by atoms with Crippen LogP contribution in [0.3, 0.4) is 0 Å². The minimum absolute atomic E-state index is 0.0176. The van der Waals surface area contributed by atoms with Crippen LogP contribution in [0.2, 0.25) is 0 Å². The fraction of sp³-hybridized carbons (Fsp3) is 1.00. The number of piperidine rings is 1. The molecule has 2 saturated heterocycles. The van der Waals surface area contributed by atoms with Gasteiger partial charge in [0.1, 0.15) is 0 Å². The summed E-state index contributed by atoms with van der Waals surface area (Å²) < 4.78 is 23.0. The van der Waals surface area contributed by atoms with Crippen LogP contribution in [0.15, 0.2) is 0 Å². The zero-order valence-electron chi connectivity index (χ0n) is 10.0. The molecule has 2 rings (SSSR count). The molecule has 0 aliphatic carbocycles. The zero-order chi connectivity index (χ0) is 12.0. The molecule has 0 aromatic carbocycles. The summed E-state index contributed by atoms with van der Waals surface area (Å²) in [6.07, 6.45) is 2.18. The minimum Gasteiger partial charge on any atom is -0.392 e. The first-order chi connectivity index (χ1) is 7.30. The second-order valence-corrected chi connectivity index (χ2v) is 7.94. The first-order valence-electron chi connectivity index (χ1n) is 5.95. The van der Waals surface area contributed by atoms with Crippen molar-refractivity contribution in [3.63, 3.8) is 0 Å². The number of β-amino-alcohol motifs (C(OH)–C–C–N with tert-alkyl or cyclic N) is 1. The Morgan fingerprint density at radius 1 is 1.31 bits per heavy atom. The maximum Gasteiger partial charge on any atom is 0.151 e. The fourth-order valence-corrected chi connectivity index (χ4v) is 4.62. The van der Waals surface area contributed by atoms with Gasteiger partial charge in [0.15, 0.2) is 9.84 Å². The second kappa shape index (κ2) is 3.96. The lowest BCUT2D eigenvalue weighted by Crippen LogP contribution is -2.56. The largest absolute Gasteiger partial charge is 0.392 e. The monoisotopic (exact) mass is 247 g/mol. The number of aliphatic hydroxyl groups is 1. The van der Waals surface area contributed by atoms with E-state index in [9.17, 15) is 13.5 Å². The van der Waals surface area contributed by atoms with E-state index < -0.39 is 9.84 Å². The first-order valence-corrected chi connectivity index (χ1v) is 7.77. The third-order valence-electron chi connectivity index (χ3n) is 3.92. The molecule has 2 aliphatic heterocycles. The van der Waals surface area contributed by atoms with Crippen LogP contribution in [0, 0.1) is 0 Å². The highest BCUT2D eigenvalue weighted by atomic mass is 32.2. The molecule has 0 amide bonds. The Morgan fingerprint density at radius 3 is 2.56 bits per heavy atom. The van der Waals surface area contributed by atoms with Crippen molar-refractivity contribution in [3.8, 4) is 0 Å². The molecule has 0 bridgehead atoms. The summed E-state index contributed by atoms with van der Waals surface area (Å²) >= 11 is 0. The van der Waals surface area contributed by atoms with Crippen molar-refractivity contribution in [1.29, 1.82) is 0 Å². The molecule has 0 radical (unpaired) electrons. The summed E-state index contributed by atoms with van der Waals surface area (Å²) in [6.45, 7) is 4.90. The van der Waals surface area contributed by atoms with E-state index in [1.807, 2.05) is 0 Å². The topological polar surface area (TPSA) is 57.6 Å². The lowest BCUT2D eigenvalue weighted by atomic mass is 9.87. The highest BCUT2D eigenvalue weighted by Gasteiger charge is 2.41. The number of likely N-dealkylation sites (tertiary alicyclic amines) is 1. The Balaban J connectivity index is 2.13. The Bertz CT molecular complexity index is 363. The summed E-state index contributed by atoms with van der Waals surface area (Å²) in [5.41, 5.74) is 0.0176. The van der Waals surface area contributed by atoms with Gasteiger partial charge in [-0.25, -0.2) is 8.42 Å². The van der Waals surface area contributed by atoms with Crippen molar-refractivity contribution < 1.29 is 13.5 Å². The van der Waals surface area contributed by atoms with Crippen LogP contribution >= 0.6 is 0 Å². The first kappa shape index (κ1) is 12.3. The van der Waals surface area contributed by atoms with Crippen LogP contribution in [0.5, 0.6) is 0 Å². The van der Waals surface area contributed by atoms with Crippen LogP contribution in [-0.4, -0.2) is 54.2 Å². The van der Waals surface area contributed by atoms with Crippen molar-refractivity contribution in [2.24, 2.45) is 0 Å². The lowest BCUT2D eigenvalue weighted by Gasteiger charge is -2.47. The van der Waals surface area contributed by atoms with Gasteiger partial charge in [0.2, 0.25) is 0 Å². The highest BCUT2D eigenvalue weighted by molar-refractivity contribution is 7.91. The average Bonchev–Trinajstić information content (AvgIpc) is 2.50. The zero-order valence-corrected chi connectivity index (χ0v) is 10.8. The van der Waals surface area contributed by atoms with Crippen molar-refractivity contribution >= 4 is 9.84 Å². The fourth-order valence-electron chi connectivity index (χ4n) is 2.89. The number of hydrogen-bond acceptors (Lipinski definition) is 4. The van der Waals surface area contributed by atoms with Gasteiger partial charge in [-0.1, -0.05) is 0 Å². The maximum absolute atomic E-state index is 11.5. The van der Waals surface area contributed by atoms with Gasteiger partial charge in [-0.05, 0) is 33.1 Å². The molecule has 2 unspecified atom stereocenters. The quantitative estimate of drug-likeness (QED) is 0.729. The van der Waals surface area contributed by atoms with E-state index in [1.165, 1.54) is 0 Å². The summed E-state index contributed by atoms with van der Waals surface area (Å²) in [5.74, 6) is 0.573. The van der Waals surface area contributed by atoms with Gasteiger partial charge in [0, 0.05) is 18.1 Å². The van der Waals surface area contributed by atoms with E-state index in [2.05, 4.69) is 18.7 Å². The average molecular weight is 247 g/mol. The molecule has 2 aliphatic rings. The predicted molar refractivity (Wildman–Crippen MR) is 63.1 cm³/mol. The number of nitrogens with zero attached hydrogens (tertiary/aromatic N) is 1. The standard InChI is InChI=1S/C11H21NO3S/c1-11(2)5-3-10(13)7-12(11)9-4-6-16(14,15)8-9/h9-10,13H,3-8H2,1-2H3.